The van der Waals surface area contributed by atoms with E-state index in [1.807, 2.05) is 47.5 Å². The fourth-order valence-electron chi connectivity index (χ4n) is 2.91. The highest BCUT2D eigenvalue weighted by Gasteiger charge is 2.21. The lowest BCUT2D eigenvalue weighted by Gasteiger charge is -2.35. The van der Waals surface area contributed by atoms with Gasteiger partial charge >= 0.3 is 0 Å². The smallest absolute Gasteiger partial charge is 0.236 e. The number of benzene rings is 1. The van der Waals surface area contributed by atoms with Crippen molar-refractivity contribution in [2.24, 2.45) is 0 Å². The first kappa shape index (κ1) is 16.5. The minimum Gasteiger partial charge on any atom is -0.353 e. The molecule has 2 aromatic rings. The summed E-state index contributed by atoms with van der Waals surface area (Å²) in [5.74, 6) is 1.18. The van der Waals surface area contributed by atoms with Gasteiger partial charge in [0.25, 0.3) is 0 Å². The van der Waals surface area contributed by atoms with E-state index in [-0.39, 0.29) is 5.91 Å². The van der Waals surface area contributed by atoms with Crippen LogP contribution in [0.1, 0.15) is 5.56 Å². The topological polar surface area (TPSA) is 48.5 Å². The second-order valence-corrected chi connectivity index (χ2v) is 5.97. The first-order valence-corrected chi connectivity index (χ1v) is 8.51. The van der Waals surface area contributed by atoms with Gasteiger partial charge in [-0.3, -0.25) is 4.79 Å². The van der Waals surface area contributed by atoms with Crippen LogP contribution in [-0.2, 0) is 11.2 Å². The number of pyridine rings is 1. The molecule has 0 bridgehead atoms. The van der Waals surface area contributed by atoms with Crippen LogP contribution in [0.3, 0.4) is 0 Å². The first-order valence-electron chi connectivity index (χ1n) is 8.51. The lowest BCUT2D eigenvalue weighted by Crippen LogP contribution is -2.51. The number of carbonyl (C=O) groups excluding carboxylic acids is 1. The summed E-state index contributed by atoms with van der Waals surface area (Å²) in [6.45, 7) is 4.44. The third kappa shape index (κ3) is 4.55. The first-order chi connectivity index (χ1) is 11.8. The Labute approximate surface area is 143 Å². The number of anilines is 1. The summed E-state index contributed by atoms with van der Waals surface area (Å²) in [5, 5.41) is 3.26. The third-order valence-corrected chi connectivity index (χ3v) is 4.32. The summed E-state index contributed by atoms with van der Waals surface area (Å²) in [6.07, 6.45) is 2.76. The highest BCUT2D eigenvalue weighted by Crippen LogP contribution is 2.12. The molecule has 0 aliphatic carbocycles. The van der Waals surface area contributed by atoms with Crippen LogP contribution in [0.5, 0.6) is 0 Å². The number of amides is 1. The Balaban J connectivity index is 1.36. The Morgan fingerprint density at radius 1 is 1.00 bits per heavy atom. The van der Waals surface area contributed by atoms with Gasteiger partial charge in [-0.1, -0.05) is 36.4 Å². The molecule has 5 nitrogen and oxygen atoms in total. The molecule has 1 aliphatic heterocycles. The van der Waals surface area contributed by atoms with E-state index in [1.54, 1.807) is 0 Å². The molecule has 1 saturated heterocycles. The maximum atomic E-state index is 12.3. The Bertz CT molecular complexity index is 624. The molecule has 1 aliphatic rings. The second-order valence-electron chi connectivity index (χ2n) is 5.97. The predicted molar refractivity (Wildman–Crippen MR) is 96.0 cm³/mol. The summed E-state index contributed by atoms with van der Waals surface area (Å²) in [4.78, 5) is 20.8. The van der Waals surface area contributed by atoms with E-state index < -0.39 is 0 Å². The number of hydrogen-bond donors (Lipinski definition) is 1. The van der Waals surface area contributed by atoms with Crippen molar-refractivity contribution in [3.8, 4) is 0 Å². The number of nitrogens with zero attached hydrogens (tertiary/aromatic N) is 3. The van der Waals surface area contributed by atoms with Gasteiger partial charge in [-0.15, -0.1) is 0 Å². The van der Waals surface area contributed by atoms with Crippen molar-refractivity contribution < 1.29 is 4.79 Å². The number of aromatic nitrogens is 1. The molecule has 1 aromatic heterocycles. The molecule has 1 N–H and O–H groups in total. The Morgan fingerprint density at radius 3 is 2.46 bits per heavy atom. The quantitative estimate of drug-likeness (QED) is 0.820. The molecule has 2 heterocycles. The van der Waals surface area contributed by atoms with Crippen molar-refractivity contribution in [1.29, 1.82) is 0 Å². The second kappa shape index (κ2) is 8.45. The van der Waals surface area contributed by atoms with Crippen LogP contribution in [0.4, 0.5) is 5.82 Å². The summed E-state index contributed by atoms with van der Waals surface area (Å²) >= 11 is 0. The molecular weight excluding hydrogens is 300 g/mol. The molecule has 5 heteroatoms. The monoisotopic (exact) mass is 324 g/mol. The van der Waals surface area contributed by atoms with Gasteiger partial charge in [-0.25, -0.2) is 4.98 Å². The summed E-state index contributed by atoms with van der Waals surface area (Å²) in [5.41, 5.74) is 1.29. The van der Waals surface area contributed by atoms with Gasteiger partial charge in [0.05, 0.1) is 6.54 Å². The predicted octanol–water partition coefficient (Wildman–Crippen LogP) is 1.56. The van der Waals surface area contributed by atoms with Gasteiger partial charge in [-0.2, -0.15) is 0 Å². The van der Waals surface area contributed by atoms with Crippen LogP contribution in [0.25, 0.3) is 0 Å². The van der Waals surface area contributed by atoms with Gasteiger partial charge in [0.1, 0.15) is 5.82 Å². The van der Waals surface area contributed by atoms with E-state index in [0.29, 0.717) is 6.54 Å². The van der Waals surface area contributed by atoms with Crippen molar-refractivity contribution in [2.45, 2.75) is 6.42 Å². The Morgan fingerprint density at radius 2 is 1.75 bits per heavy atom. The lowest BCUT2D eigenvalue weighted by atomic mass is 10.1. The zero-order chi connectivity index (χ0) is 16.6. The number of carbonyl (C=O) groups is 1. The molecule has 3 rings (SSSR count). The van der Waals surface area contributed by atoms with Gasteiger partial charge in [0, 0.05) is 32.4 Å². The molecular formula is C19H24N4O. The molecule has 24 heavy (non-hydrogen) atoms. The fraction of sp³-hybridized carbons (Fsp3) is 0.368. The van der Waals surface area contributed by atoms with Crippen LogP contribution in [0.2, 0.25) is 0 Å². The number of rotatable bonds is 6. The molecule has 0 atom stereocenters. The zero-order valence-corrected chi connectivity index (χ0v) is 13.9. The molecule has 126 valence electrons. The van der Waals surface area contributed by atoms with Crippen molar-refractivity contribution in [2.75, 3.05) is 44.2 Å². The standard InChI is InChI=1S/C19H24N4O/c24-19(16-20-11-9-17-6-2-1-3-7-17)23-14-12-22(13-15-23)18-8-4-5-10-21-18/h1-8,10,20H,9,11-16H2. The fourth-order valence-corrected chi connectivity index (χ4v) is 2.91. The lowest BCUT2D eigenvalue weighted by molar-refractivity contribution is -0.130. The van der Waals surface area contributed by atoms with Gasteiger partial charge < -0.3 is 15.1 Å². The summed E-state index contributed by atoms with van der Waals surface area (Å²) < 4.78 is 0. The maximum Gasteiger partial charge on any atom is 0.236 e. The summed E-state index contributed by atoms with van der Waals surface area (Å²) in [6, 6.07) is 16.3. The SMILES string of the molecule is O=C(CNCCc1ccccc1)N1CCN(c2ccccn2)CC1. The van der Waals surface area contributed by atoms with E-state index in [4.69, 9.17) is 0 Å². The average molecular weight is 324 g/mol. The van der Waals surface area contributed by atoms with Crippen molar-refractivity contribution >= 4 is 11.7 Å². The van der Waals surface area contributed by atoms with E-state index in [2.05, 4.69) is 27.3 Å². The van der Waals surface area contributed by atoms with Crippen molar-refractivity contribution in [1.82, 2.24) is 15.2 Å². The third-order valence-electron chi connectivity index (χ3n) is 4.32. The molecule has 1 aromatic carbocycles. The Hall–Kier alpha value is -2.40. The Kier molecular flexibility index (Phi) is 5.80. The van der Waals surface area contributed by atoms with Crippen molar-refractivity contribution in [3.05, 3.63) is 60.3 Å². The summed E-state index contributed by atoms with van der Waals surface area (Å²) in [7, 11) is 0. The largest absolute Gasteiger partial charge is 0.353 e. The van der Waals surface area contributed by atoms with E-state index >= 15 is 0 Å². The highest BCUT2D eigenvalue weighted by atomic mass is 16.2. The molecule has 0 saturated carbocycles. The van der Waals surface area contributed by atoms with E-state index in [0.717, 1.165) is 45.0 Å². The van der Waals surface area contributed by atoms with Gasteiger partial charge in [0.2, 0.25) is 5.91 Å². The van der Waals surface area contributed by atoms with Crippen LogP contribution in [0, 0.1) is 0 Å². The van der Waals surface area contributed by atoms with Crippen LogP contribution < -0.4 is 10.2 Å². The normalized spacial score (nSPS) is 14.7. The molecule has 0 unspecified atom stereocenters. The van der Waals surface area contributed by atoms with Gasteiger partial charge in [-0.05, 0) is 30.7 Å². The van der Waals surface area contributed by atoms with Crippen molar-refractivity contribution in [3.63, 3.8) is 0 Å². The minimum atomic E-state index is 0.184. The maximum absolute atomic E-state index is 12.3. The number of hydrogen-bond acceptors (Lipinski definition) is 4. The van der Waals surface area contributed by atoms with Crippen LogP contribution in [-0.4, -0.2) is 55.1 Å². The average Bonchev–Trinajstić information content (AvgIpc) is 2.67. The van der Waals surface area contributed by atoms with Crippen LogP contribution >= 0.6 is 0 Å². The number of piperazine rings is 1. The zero-order valence-electron chi connectivity index (χ0n) is 13.9. The van der Waals surface area contributed by atoms with E-state index in [9.17, 15) is 4.79 Å². The number of nitrogens with one attached hydrogen (secondary N) is 1. The van der Waals surface area contributed by atoms with Gasteiger partial charge in [0.15, 0.2) is 0 Å². The van der Waals surface area contributed by atoms with E-state index in [1.165, 1.54) is 5.56 Å². The van der Waals surface area contributed by atoms with Crippen LogP contribution in [0.15, 0.2) is 54.7 Å². The minimum absolute atomic E-state index is 0.184. The molecule has 1 fully saturated rings. The highest BCUT2D eigenvalue weighted by molar-refractivity contribution is 5.78. The molecule has 0 radical (unpaired) electrons. The molecule has 0 spiro atoms. The molecule has 1 amide bonds.